The van der Waals surface area contributed by atoms with Gasteiger partial charge in [0.2, 0.25) is 11.6 Å². The van der Waals surface area contributed by atoms with Crippen LogP contribution in [0.5, 0.6) is 0 Å². The third-order valence-electron chi connectivity index (χ3n) is 1.58. The van der Waals surface area contributed by atoms with Crippen LogP contribution in [0.2, 0.25) is 0 Å². The maximum absolute atomic E-state index is 12.8. The standard InChI is InChI=1S/C6H3F2N3O4/c7-2-1-3(8)6(11(14)15)4(9)5(2)10(12)13/h1H,9H2. The van der Waals surface area contributed by atoms with Gasteiger partial charge in [0, 0.05) is 6.07 Å². The van der Waals surface area contributed by atoms with Gasteiger partial charge in [0.15, 0.2) is 5.69 Å². The number of nitrogens with two attached hydrogens (primary N) is 1. The van der Waals surface area contributed by atoms with E-state index in [9.17, 15) is 29.0 Å². The van der Waals surface area contributed by atoms with Crippen LogP contribution in [0.15, 0.2) is 6.07 Å². The number of halogens is 2. The van der Waals surface area contributed by atoms with Crippen molar-refractivity contribution >= 4 is 17.1 Å². The zero-order valence-corrected chi connectivity index (χ0v) is 6.94. The van der Waals surface area contributed by atoms with Crippen molar-refractivity contribution in [3.63, 3.8) is 0 Å². The summed E-state index contributed by atoms with van der Waals surface area (Å²) in [6.07, 6.45) is 0. The summed E-state index contributed by atoms with van der Waals surface area (Å²) in [4.78, 5) is 18.0. The monoisotopic (exact) mass is 219 g/mol. The molecule has 0 saturated heterocycles. The molecule has 0 aliphatic rings. The van der Waals surface area contributed by atoms with Crippen LogP contribution in [0.1, 0.15) is 0 Å². The summed E-state index contributed by atoms with van der Waals surface area (Å²) >= 11 is 0. The number of nitro benzene ring substituents is 2. The van der Waals surface area contributed by atoms with Crippen molar-refractivity contribution < 1.29 is 18.6 Å². The number of hydrogen-bond acceptors (Lipinski definition) is 5. The van der Waals surface area contributed by atoms with Crippen molar-refractivity contribution in [2.24, 2.45) is 0 Å². The molecule has 0 spiro atoms. The summed E-state index contributed by atoms with van der Waals surface area (Å²) in [7, 11) is 0. The Kier molecular flexibility index (Phi) is 2.47. The van der Waals surface area contributed by atoms with Crippen molar-refractivity contribution in [1.82, 2.24) is 0 Å². The average molecular weight is 219 g/mol. The zero-order chi connectivity index (χ0) is 11.7. The molecule has 2 N–H and O–H groups in total. The lowest BCUT2D eigenvalue weighted by atomic mass is 10.2. The summed E-state index contributed by atoms with van der Waals surface area (Å²) in [5.74, 6) is -3.11. The fourth-order valence-electron chi connectivity index (χ4n) is 0.989. The van der Waals surface area contributed by atoms with E-state index in [0.29, 0.717) is 0 Å². The Morgan fingerprint density at radius 1 is 1.07 bits per heavy atom. The summed E-state index contributed by atoms with van der Waals surface area (Å²) in [6.45, 7) is 0. The molecule has 0 saturated carbocycles. The molecule has 0 bridgehead atoms. The Morgan fingerprint density at radius 2 is 1.40 bits per heavy atom. The van der Waals surface area contributed by atoms with E-state index in [2.05, 4.69) is 0 Å². The lowest BCUT2D eigenvalue weighted by molar-refractivity contribution is -0.395. The topological polar surface area (TPSA) is 112 Å². The average Bonchev–Trinajstić information content (AvgIpc) is 1.99. The molecule has 0 heterocycles. The number of rotatable bonds is 2. The van der Waals surface area contributed by atoms with Crippen LogP contribution in [-0.4, -0.2) is 9.85 Å². The van der Waals surface area contributed by atoms with Gasteiger partial charge in [-0.15, -0.1) is 0 Å². The van der Waals surface area contributed by atoms with Crippen LogP contribution >= 0.6 is 0 Å². The van der Waals surface area contributed by atoms with Crippen LogP contribution in [0.3, 0.4) is 0 Å². The molecule has 1 aromatic carbocycles. The van der Waals surface area contributed by atoms with Crippen molar-refractivity contribution in [3.8, 4) is 0 Å². The van der Waals surface area contributed by atoms with E-state index in [0.717, 1.165) is 0 Å². The Bertz CT molecular complexity index is 424. The highest BCUT2D eigenvalue weighted by molar-refractivity contribution is 5.71. The smallest absolute Gasteiger partial charge is 0.334 e. The van der Waals surface area contributed by atoms with E-state index in [1.807, 2.05) is 0 Å². The molecule has 0 unspecified atom stereocenters. The molecule has 0 amide bonds. The third-order valence-corrected chi connectivity index (χ3v) is 1.58. The van der Waals surface area contributed by atoms with Crippen LogP contribution in [0.4, 0.5) is 25.8 Å². The minimum Gasteiger partial charge on any atom is -0.387 e. The van der Waals surface area contributed by atoms with E-state index in [4.69, 9.17) is 5.73 Å². The number of hydrogen-bond donors (Lipinski definition) is 1. The van der Waals surface area contributed by atoms with Gasteiger partial charge in [-0.1, -0.05) is 0 Å². The first-order valence-corrected chi connectivity index (χ1v) is 3.42. The third kappa shape index (κ3) is 1.66. The number of nitrogen functional groups attached to an aromatic ring is 1. The number of nitrogens with zero attached hydrogens (tertiary/aromatic N) is 2. The van der Waals surface area contributed by atoms with E-state index in [1.165, 1.54) is 0 Å². The second-order valence-corrected chi connectivity index (χ2v) is 2.47. The SMILES string of the molecule is Nc1c([N+](=O)[O-])c(F)cc(F)c1[N+](=O)[O-]. The molecule has 1 aromatic rings. The van der Waals surface area contributed by atoms with Gasteiger partial charge in [-0.3, -0.25) is 20.2 Å². The summed E-state index contributed by atoms with van der Waals surface area (Å²) in [6, 6.07) is 0.0482. The van der Waals surface area contributed by atoms with Crippen LogP contribution in [0, 0.1) is 31.9 Å². The van der Waals surface area contributed by atoms with Gasteiger partial charge >= 0.3 is 11.4 Å². The van der Waals surface area contributed by atoms with E-state index in [1.54, 1.807) is 0 Å². The molecule has 0 aliphatic heterocycles. The first-order valence-electron chi connectivity index (χ1n) is 3.42. The second kappa shape index (κ2) is 3.44. The van der Waals surface area contributed by atoms with E-state index < -0.39 is 38.5 Å². The normalized spacial score (nSPS) is 10.0. The first kappa shape index (κ1) is 10.8. The van der Waals surface area contributed by atoms with Crippen molar-refractivity contribution in [3.05, 3.63) is 37.9 Å². The minimum absolute atomic E-state index is 0.0482. The number of benzene rings is 1. The molecule has 15 heavy (non-hydrogen) atoms. The van der Waals surface area contributed by atoms with Gasteiger partial charge in [0.1, 0.15) is 0 Å². The Hall–Kier alpha value is -2.32. The van der Waals surface area contributed by atoms with Crippen molar-refractivity contribution in [2.75, 3.05) is 5.73 Å². The quantitative estimate of drug-likeness (QED) is 0.458. The maximum atomic E-state index is 12.8. The molecule has 7 nitrogen and oxygen atoms in total. The Morgan fingerprint density at radius 3 is 1.67 bits per heavy atom. The zero-order valence-electron chi connectivity index (χ0n) is 6.94. The van der Waals surface area contributed by atoms with Crippen LogP contribution in [0.25, 0.3) is 0 Å². The minimum atomic E-state index is -1.56. The summed E-state index contributed by atoms with van der Waals surface area (Å²) in [5, 5.41) is 20.5. The van der Waals surface area contributed by atoms with Gasteiger partial charge in [0.05, 0.1) is 9.85 Å². The highest BCUT2D eigenvalue weighted by Crippen LogP contribution is 2.35. The molecule has 0 aliphatic carbocycles. The molecule has 0 aromatic heterocycles. The molecule has 9 heteroatoms. The molecule has 0 radical (unpaired) electrons. The molecule has 80 valence electrons. The van der Waals surface area contributed by atoms with Crippen LogP contribution in [-0.2, 0) is 0 Å². The van der Waals surface area contributed by atoms with Crippen molar-refractivity contribution in [2.45, 2.75) is 0 Å². The lowest BCUT2D eigenvalue weighted by Crippen LogP contribution is -2.05. The van der Waals surface area contributed by atoms with Gasteiger partial charge < -0.3 is 5.73 Å². The fourth-order valence-corrected chi connectivity index (χ4v) is 0.989. The lowest BCUT2D eigenvalue weighted by Gasteiger charge is -2.00. The predicted octanol–water partition coefficient (Wildman–Crippen LogP) is 1.36. The summed E-state index contributed by atoms with van der Waals surface area (Å²) in [5.41, 5.74) is 1.18. The number of nitro groups is 2. The highest BCUT2D eigenvalue weighted by atomic mass is 19.1. The van der Waals surface area contributed by atoms with Gasteiger partial charge in [-0.25, -0.2) is 0 Å². The Labute approximate surface area is 80.4 Å². The molecular weight excluding hydrogens is 216 g/mol. The highest BCUT2D eigenvalue weighted by Gasteiger charge is 2.31. The molecule has 0 atom stereocenters. The van der Waals surface area contributed by atoms with Gasteiger partial charge in [-0.2, -0.15) is 8.78 Å². The predicted molar refractivity (Wildman–Crippen MR) is 44.1 cm³/mol. The van der Waals surface area contributed by atoms with Crippen molar-refractivity contribution in [1.29, 1.82) is 0 Å². The first-order chi connectivity index (χ1) is 6.86. The Balaban J connectivity index is 3.64. The fraction of sp³-hybridized carbons (Fsp3) is 0. The molecule has 0 fully saturated rings. The van der Waals surface area contributed by atoms with E-state index in [-0.39, 0.29) is 6.07 Å². The summed E-state index contributed by atoms with van der Waals surface area (Å²) < 4.78 is 25.6. The molecular formula is C6H3F2N3O4. The van der Waals surface area contributed by atoms with Crippen LogP contribution < -0.4 is 5.73 Å². The largest absolute Gasteiger partial charge is 0.387 e. The van der Waals surface area contributed by atoms with Gasteiger partial charge in [0.25, 0.3) is 0 Å². The van der Waals surface area contributed by atoms with E-state index >= 15 is 0 Å². The van der Waals surface area contributed by atoms with Gasteiger partial charge in [-0.05, 0) is 0 Å². The second-order valence-electron chi connectivity index (χ2n) is 2.47. The number of anilines is 1. The molecule has 1 rings (SSSR count). The maximum Gasteiger partial charge on any atom is 0.334 e.